The van der Waals surface area contributed by atoms with E-state index < -0.39 is 172 Å². The summed E-state index contributed by atoms with van der Waals surface area (Å²) in [5.41, 5.74) is 0. The number of hydrogen-bond acceptors (Lipinski definition) is 22. The molecular formula is C70H151Al9O22Si4. The maximum Gasteiger partial charge on any atom is 0.869 e. The molecule has 4 rings (SSSR count). The molecule has 4 fully saturated rings. The van der Waals surface area contributed by atoms with Crippen LogP contribution in [0.25, 0.3) is 0 Å². The van der Waals surface area contributed by atoms with E-state index in [1.165, 1.54) is 310 Å². The van der Waals surface area contributed by atoms with Crippen LogP contribution in [0.4, 0.5) is 0 Å². The van der Waals surface area contributed by atoms with Gasteiger partial charge in [0.25, 0.3) is 0 Å². The minimum Gasteiger partial charge on any atom is -0.573 e. The Balaban J connectivity index is 1.35. The van der Waals surface area contributed by atoms with E-state index >= 15 is 0 Å². The summed E-state index contributed by atoms with van der Waals surface area (Å²) in [6.45, 7) is 9.08. The van der Waals surface area contributed by atoms with Crippen LogP contribution in [0.2, 0.25) is 24.2 Å². The summed E-state index contributed by atoms with van der Waals surface area (Å²) in [5.74, 6) is 0. The molecule has 4 saturated heterocycles. The van der Waals surface area contributed by atoms with Crippen molar-refractivity contribution in [3.8, 4) is 0 Å². The molecule has 4 atom stereocenters. The maximum absolute atomic E-state index is 12.3. The maximum atomic E-state index is 12.3. The second kappa shape index (κ2) is 68.5. The average Bonchev–Trinajstić information content (AvgIpc) is 0.811. The van der Waals surface area contributed by atoms with Gasteiger partial charge in [0.15, 0.2) is 0 Å². The van der Waals surface area contributed by atoms with E-state index in [0.717, 1.165) is 77.0 Å². The van der Waals surface area contributed by atoms with Gasteiger partial charge in [0.2, 0.25) is 0 Å². The summed E-state index contributed by atoms with van der Waals surface area (Å²) < 4.78 is 112. The fraction of sp³-hybridized carbons (Fsp3) is 1.00. The molecular weight excluding hydrogens is 1550 g/mol. The first-order valence-electron chi connectivity index (χ1n) is 43.8. The van der Waals surface area contributed by atoms with Gasteiger partial charge in [0.1, 0.15) is 0 Å². The van der Waals surface area contributed by atoms with Crippen molar-refractivity contribution in [2.75, 3.05) is 14.2 Å². The molecule has 0 unspecified atom stereocenters. The molecule has 4 N–H and O–H groups in total. The minimum atomic E-state index is -3.96. The van der Waals surface area contributed by atoms with Gasteiger partial charge in [-0.3, -0.25) is 0 Å². The minimum absolute atomic E-state index is 0.287. The van der Waals surface area contributed by atoms with Crippen LogP contribution in [0, 0.1) is 0 Å². The third kappa shape index (κ3) is 54.6. The molecule has 4 heterocycles. The number of hydrogen-bond donors (Lipinski definition) is 4. The second-order valence-corrected chi connectivity index (χ2v) is 60.9. The predicted molar refractivity (Wildman–Crippen MR) is 435 cm³/mol. The van der Waals surface area contributed by atoms with E-state index in [1.54, 1.807) is 0 Å². The fourth-order valence-electron chi connectivity index (χ4n) is 14.2. The van der Waals surface area contributed by atoms with Gasteiger partial charge in [-0.25, -0.2) is 0 Å². The summed E-state index contributed by atoms with van der Waals surface area (Å²) in [4.78, 5) is 48.4. The molecule has 105 heavy (non-hydrogen) atoms. The Bertz CT molecular complexity index is 1850. The first-order chi connectivity index (χ1) is 51.3. The zero-order chi connectivity index (χ0) is 75.3. The lowest BCUT2D eigenvalue weighted by Gasteiger charge is -2.39. The Morgan fingerprint density at radius 2 is 0.352 bits per heavy atom. The predicted octanol–water partition coefficient (Wildman–Crippen LogP) is 19.0. The van der Waals surface area contributed by atoms with E-state index in [1.807, 2.05) is 0 Å². The normalized spacial score (nSPS) is 21.2. The van der Waals surface area contributed by atoms with Crippen LogP contribution in [0.1, 0.15) is 413 Å². The van der Waals surface area contributed by atoms with Gasteiger partial charge >= 0.3 is 172 Å². The molecule has 0 aromatic rings. The van der Waals surface area contributed by atoms with Gasteiger partial charge in [-0.2, -0.15) is 0 Å². The molecule has 0 saturated carbocycles. The van der Waals surface area contributed by atoms with Gasteiger partial charge in [0, 0.05) is 38.4 Å². The van der Waals surface area contributed by atoms with Gasteiger partial charge in [-0.05, 0) is 25.7 Å². The molecule has 0 radical (unpaired) electrons. The van der Waals surface area contributed by atoms with Crippen LogP contribution in [0.15, 0.2) is 0 Å². The highest BCUT2D eigenvalue weighted by atomic mass is 28.4. The summed E-state index contributed by atoms with van der Waals surface area (Å²) in [7, 11) is -12.4. The van der Waals surface area contributed by atoms with Crippen LogP contribution >= 0.6 is 0 Å². The lowest BCUT2D eigenvalue weighted by atomic mass is 10.0. The lowest BCUT2D eigenvalue weighted by Crippen LogP contribution is -2.65. The molecule has 0 amide bonds. The smallest absolute Gasteiger partial charge is 0.573 e. The van der Waals surface area contributed by atoms with Gasteiger partial charge < -0.3 is 77.3 Å². The van der Waals surface area contributed by atoms with Crippen LogP contribution in [0.5, 0.6) is 0 Å². The molecule has 0 bridgehead atoms. The highest BCUT2D eigenvalue weighted by Gasteiger charge is 2.66. The zero-order valence-corrected chi connectivity index (χ0v) is 82.4. The molecule has 0 aliphatic carbocycles. The Morgan fingerprint density at radius 1 is 0.210 bits per heavy atom. The van der Waals surface area contributed by atoms with Crippen molar-refractivity contribution in [2.24, 2.45) is 0 Å². The molecule has 35 heteroatoms. The molecule has 0 spiro atoms. The molecule has 0 aromatic heterocycles. The van der Waals surface area contributed by atoms with E-state index in [0.29, 0.717) is 24.9 Å². The van der Waals surface area contributed by atoms with Crippen molar-refractivity contribution in [1.82, 2.24) is 0 Å². The Kier molecular flexibility index (Phi) is 66.7. The summed E-state index contributed by atoms with van der Waals surface area (Å²) in [5, 5.41) is 0. The Labute approximate surface area is 693 Å². The van der Waals surface area contributed by atoms with Crippen LogP contribution in [-0.4, -0.2) is 206 Å². The highest BCUT2D eigenvalue weighted by Crippen LogP contribution is 2.32. The van der Waals surface area contributed by atoms with Crippen molar-refractivity contribution in [1.29, 1.82) is 0 Å². The van der Waals surface area contributed by atoms with E-state index in [4.69, 9.17) is 58.1 Å². The van der Waals surface area contributed by atoms with Crippen LogP contribution in [-0.2, 0) is 58.1 Å². The first-order valence-corrected chi connectivity index (χ1v) is 64.2. The molecule has 4 aliphatic heterocycles. The summed E-state index contributed by atoms with van der Waals surface area (Å²) in [6, 6.07) is 1.29. The molecule has 4 aliphatic rings. The van der Waals surface area contributed by atoms with Crippen molar-refractivity contribution >= 4 is 172 Å². The Morgan fingerprint density at radius 3 is 0.524 bits per heavy atom. The Hall–Kier alpha value is 4.78. The van der Waals surface area contributed by atoms with Crippen LogP contribution < -0.4 is 0 Å². The van der Waals surface area contributed by atoms with E-state index in [2.05, 4.69) is 27.7 Å². The SMILES string of the molecule is CCCCCCCCCCCCCCCCC[Si@@]1(O)[O][Al]([O]C)[O][Al]([O][Al]2[O][Al]([O][AlH][O][Al]3[O][Al]([O][Al]4[O][Al]([O]C)[O][Si@@](O)(CCCCCCCCCCCCCCCCC)[O]4)[O][Si@@](O)(CCCCCCCCCCCCCCCCC)[O]3)[O][Si@@](O)(CCCCCCCCCCCCCCCCC)[O]2)[O]1. The molecule has 22 nitrogen and oxygen atoms in total. The fourth-order valence-corrected chi connectivity index (χ4v) is 57.0. The average molecular weight is 1700 g/mol. The van der Waals surface area contributed by atoms with Gasteiger partial charge in [-0.1, -0.05) is 387 Å². The summed E-state index contributed by atoms with van der Waals surface area (Å²) >= 11 is -27.2. The third-order valence-electron chi connectivity index (χ3n) is 20.8. The van der Waals surface area contributed by atoms with Crippen molar-refractivity contribution in [2.45, 2.75) is 437 Å². The zero-order valence-electron chi connectivity index (χ0n) is 67.7. The van der Waals surface area contributed by atoms with Crippen molar-refractivity contribution in [3.05, 3.63) is 0 Å². The van der Waals surface area contributed by atoms with Crippen molar-refractivity contribution in [3.63, 3.8) is 0 Å². The monoisotopic (exact) mass is 1700 g/mol. The molecule has 606 valence electrons. The van der Waals surface area contributed by atoms with Gasteiger partial charge in [0.05, 0.1) is 0 Å². The topological polar surface area (TPSA) is 247 Å². The first kappa shape index (κ1) is 102. The quantitative estimate of drug-likeness (QED) is 0.0326. The second-order valence-electron chi connectivity index (χ2n) is 30.6. The third-order valence-corrected chi connectivity index (χ3v) is 57.3. The summed E-state index contributed by atoms with van der Waals surface area (Å²) in [6.07, 6.45) is 73.5. The largest absolute Gasteiger partial charge is 0.869 e. The number of rotatable bonds is 74. The number of unbranched alkanes of at least 4 members (excludes halogenated alkanes) is 56. The van der Waals surface area contributed by atoms with Gasteiger partial charge in [-0.15, -0.1) is 0 Å². The highest BCUT2D eigenvalue weighted by molar-refractivity contribution is 6.83. The van der Waals surface area contributed by atoms with E-state index in [9.17, 15) is 19.2 Å². The standard InChI is InChI=1S/4C17H36O3Si.2CH3O.9Al.8O.H/c4*1-2-3-4-5-6-7-8-9-10-11-12-13-14-15-16-17-21(18,19)20;2*1-2;;;;;;;;;;;;;;;;;;/h4*18H,2-17H2,1H3;2*1H3;;;;;;;;;;;;;;;;;;/q4*-2;2*-1;;6*+1;2*+2;;;;;;;;;. The molecule has 0 aromatic carbocycles. The van der Waals surface area contributed by atoms with Crippen molar-refractivity contribution < 1.29 is 77.3 Å². The van der Waals surface area contributed by atoms with E-state index in [-0.39, 0.29) is 12.1 Å². The lowest BCUT2D eigenvalue weighted by molar-refractivity contribution is 0.0730. The van der Waals surface area contributed by atoms with Crippen LogP contribution in [0.3, 0.4) is 0 Å².